The number of nitrogens with zero attached hydrogens (tertiary/aromatic N) is 3. The number of pyridine rings is 1. The third kappa shape index (κ3) is 4.03. The first-order valence-corrected chi connectivity index (χ1v) is 11.3. The molecule has 166 valence electrons. The van der Waals surface area contributed by atoms with Crippen LogP contribution in [0.5, 0.6) is 5.75 Å². The molecule has 1 atom stereocenters. The quantitative estimate of drug-likeness (QED) is 0.581. The highest BCUT2D eigenvalue weighted by atomic mass is 35.5. The van der Waals surface area contributed by atoms with E-state index in [9.17, 15) is 9.18 Å². The van der Waals surface area contributed by atoms with E-state index in [1.807, 2.05) is 38.9 Å². The molecule has 0 bridgehead atoms. The Kier molecular flexibility index (Phi) is 5.97. The highest BCUT2D eigenvalue weighted by Crippen LogP contribution is 2.55. The summed E-state index contributed by atoms with van der Waals surface area (Å²) in [6, 6.07) is 5.41. The van der Waals surface area contributed by atoms with Gasteiger partial charge >= 0.3 is 0 Å². The molecule has 7 heteroatoms. The van der Waals surface area contributed by atoms with Crippen molar-refractivity contribution in [3.63, 3.8) is 0 Å². The minimum absolute atomic E-state index is 0.0174. The molecule has 0 radical (unpaired) electrons. The van der Waals surface area contributed by atoms with Crippen LogP contribution in [0.3, 0.4) is 0 Å². The van der Waals surface area contributed by atoms with Crippen molar-refractivity contribution in [2.75, 3.05) is 27.2 Å². The van der Waals surface area contributed by atoms with Crippen LogP contribution in [0.15, 0.2) is 24.4 Å². The normalized spacial score (nSPS) is 17.8. The summed E-state index contributed by atoms with van der Waals surface area (Å²) in [7, 11) is 4.07. The van der Waals surface area contributed by atoms with E-state index in [1.54, 1.807) is 6.07 Å². The van der Waals surface area contributed by atoms with Crippen molar-refractivity contribution >= 4 is 17.5 Å². The lowest BCUT2D eigenvalue weighted by atomic mass is 9.81. The number of rotatable bonds is 7. The number of alkyl halides is 1. The third-order valence-corrected chi connectivity index (χ3v) is 6.61. The van der Waals surface area contributed by atoms with E-state index >= 15 is 0 Å². The molecule has 1 fully saturated rings. The molecule has 2 aromatic rings. The van der Waals surface area contributed by atoms with Crippen LogP contribution in [0.1, 0.15) is 65.5 Å². The van der Waals surface area contributed by atoms with Gasteiger partial charge in [-0.2, -0.15) is 0 Å². The Morgan fingerprint density at radius 3 is 2.68 bits per heavy atom. The van der Waals surface area contributed by atoms with Gasteiger partial charge in [-0.05, 0) is 63.5 Å². The van der Waals surface area contributed by atoms with Gasteiger partial charge in [0.2, 0.25) is 0 Å². The summed E-state index contributed by atoms with van der Waals surface area (Å²) in [5.74, 6) is 0.0202. The van der Waals surface area contributed by atoms with Crippen molar-refractivity contribution in [2.45, 2.75) is 50.6 Å². The lowest BCUT2D eigenvalue weighted by molar-refractivity contribution is 0.0633. The number of ether oxygens (including phenoxy) is 1. The van der Waals surface area contributed by atoms with E-state index in [-0.39, 0.29) is 23.1 Å². The lowest BCUT2D eigenvalue weighted by Crippen LogP contribution is -2.45. The Labute approximate surface area is 188 Å². The zero-order valence-corrected chi connectivity index (χ0v) is 19.3. The summed E-state index contributed by atoms with van der Waals surface area (Å²) in [5.41, 5.74) is 4.68. The third-order valence-electron chi connectivity index (χ3n) is 6.31. The molecular formula is C24H29ClFN3O2. The molecule has 1 spiro atoms. The van der Waals surface area contributed by atoms with E-state index < -0.39 is 5.82 Å². The highest BCUT2D eigenvalue weighted by Gasteiger charge is 2.53. The van der Waals surface area contributed by atoms with Crippen molar-refractivity contribution < 1.29 is 13.9 Å². The minimum Gasteiger partial charge on any atom is -0.491 e. The number of halogens is 2. The first kappa shape index (κ1) is 22.0. The summed E-state index contributed by atoms with van der Waals surface area (Å²) in [5, 5.41) is 0. The molecule has 2 aliphatic rings. The van der Waals surface area contributed by atoms with E-state index in [0.717, 1.165) is 30.5 Å². The number of aromatic nitrogens is 1. The van der Waals surface area contributed by atoms with Gasteiger partial charge in [0.15, 0.2) is 11.6 Å². The summed E-state index contributed by atoms with van der Waals surface area (Å²) >= 11 is 6.17. The van der Waals surface area contributed by atoms with Crippen LogP contribution in [0.4, 0.5) is 4.39 Å². The molecule has 1 saturated carbocycles. The molecule has 31 heavy (non-hydrogen) atoms. The molecular weight excluding hydrogens is 417 g/mol. The van der Waals surface area contributed by atoms with Crippen LogP contribution >= 0.6 is 11.6 Å². The van der Waals surface area contributed by atoms with Gasteiger partial charge in [0, 0.05) is 36.0 Å². The van der Waals surface area contributed by atoms with Gasteiger partial charge in [0.1, 0.15) is 0 Å². The maximum absolute atomic E-state index is 14.0. The standard InChI is InChI=1S/C24H29ClFN3O2/c1-5-31-21-10-20(27-12-19(21)26)15(2)29-14-24(6-7-24)22-17(13-28(3)4)8-16(11-25)9-18(22)23(29)30/h8-10,12,15H,5-7,11,13-14H2,1-4H3/t15-/m0/s1. The maximum atomic E-state index is 14.0. The second-order valence-electron chi connectivity index (χ2n) is 8.91. The van der Waals surface area contributed by atoms with Gasteiger partial charge in [0.25, 0.3) is 5.91 Å². The van der Waals surface area contributed by atoms with Crippen LogP contribution in [-0.4, -0.2) is 47.9 Å². The van der Waals surface area contributed by atoms with Crippen LogP contribution < -0.4 is 4.74 Å². The predicted molar refractivity (Wildman–Crippen MR) is 119 cm³/mol. The van der Waals surface area contributed by atoms with Crippen molar-refractivity contribution in [1.29, 1.82) is 0 Å². The average molecular weight is 446 g/mol. The van der Waals surface area contributed by atoms with Gasteiger partial charge in [0.05, 0.1) is 24.5 Å². The fourth-order valence-corrected chi connectivity index (χ4v) is 4.85. The average Bonchev–Trinajstić information content (AvgIpc) is 3.51. The zero-order chi connectivity index (χ0) is 22.3. The van der Waals surface area contributed by atoms with E-state index in [2.05, 4.69) is 16.0 Å². The molecule has 1 aromatic heterocycles. The van der Waals surface area contributed by atoms with Gasteiger partial charge in [-0.25, -0.2) is 4.39 Å². The van der Waals surface area contributed by atoms with Gasteiger partial charge in [-0.1, -0.05) is 6.07 Å². The summed E-state index contributed by atoms with van der Waals surface area (Å²) in [6.07, 6.45) is 3.28. The monoisotopic (exact) mass is 445 g/mol. The Balaban J connectivity index is 1.75. The van der Waals surface area contributed by atoms with Gasteiger partial charge in [-0.3, -0.25) is 9.78 Å². The second-order valence-corrected chi connectivity index (χ2v) is 9.18. The van der Waals surface area contributed by atoms with E-state index in [1.165, 1.54) is 17.3 Å². The number of carbonyl (C=O) groups excluding carboxylic acids is 1. The number of hydrogen-bond acceptors (Lipinski definition) is 4. The molecule has 0 unspecified atom stereocenters. The largest absolute Gasteiger partial charge is 0.491 e. The molecule has 5 nitrogen and oxygen atoms in total. The molecule has 0 saturated heterocycles. The fourth-order valence-electron chi connectivity index (χ4n) is 4.70. The van der Waals surface area contributed by atoms with Crippen LogP contribution in [0.2, 0.25) is 0 Å². The Bertz CT molecular complexity index is 1010. The van der Waals surface area contributed by atoms with Gasteiger partial charge in [-0.15, -0.1) is 11.6 Å². The van der Waals surface area contributed by atoms with E-state index in [0.29, 0.717) is 24.7 Å². The second kappa shape index (κ2) is 8.40. The molecule has 1 aromatic carbocycles. The van der Waals surface area contributed by atoms with Crippen molar-refractivity contribution in [1.82, 2.24) is 14.8 Å². The van der Waals surface area contributed by atoms with Gasteiger partial charge < -0.3 is 14.5 Å². The van der Waals surface area contributed by atoms with Crippen LogP contribution in [0.25, 0.3) is 0 Å². The van der Waals surface area contributed by atoms with Crippen molar-refractivity contribution in [2.24, 2.45) is 0 Å². The summed E-state index contributed by atoms with van der Waals surface area (Å²) < 4.78 is 19.4. The van der Waals surface area contributed by atoms with Crippen LogP contribution in [0, 0.1) is 5.82 Å². The molecule has 4 rings (SSSR count). The first-order chi connectivity index (χ1) is 14.8. The Morgan fingerprint density at radius 2 is 2.06 bits per heavy atom. The smallest absolute Gasteiger partial charge is 0.254 e. The van der Waals surface area contributed by atoms with Crippen LogP contribution in [-0.2, 0) is 17.8 Å². The number of fused-ring (bicyclic) bond motifs is 2. The predicted octanol–water partition coefficient (Wildman–Crippen LogP) is 4.67. The Morgan fingerprint density at radius 1 is 1.32 bits per heavy atom. The molecule has 1 aliphatic heterocycles. The fraction of sp³-hybridized carbons (Fsp3) is 0.500. The SMILES string of the molecule is CCOc1cc([C@H](C)N2CC3(CC3)c3c(CN(C)C)cc(CCl)cc3C2=O)ncc1F. The number of benzene rings is 1. The Hall–Kier alpha value is -2.18. The number of hydrogen-bond donors (Lipinski definition) is 0. The maximum Gasteiger partial charge on any atom is 0.254 e. The number of carbonyl (C=O) groups is 1. The summed E-state index contributed by atoms with van der Waals surface area (Å²) in [6.45, 7) is 5.54. The molecule has 1 aliphatic carbocycles. The molecule has 2 heterocycles. The zero-order valence-electron chi connectivity index (χ0n) is 18.5. The number of amides is 1. The lowest BCUT2D eigenvalue weighted by Gasteiger charge is -2.40. The van der Waals surface area contributed by atoms with Crippen molar-refractivity contribution in [3.05, 3.63) is 58.2 Å². The van der Waals surface area contributed by atoms with E-state index in [4.69, 9.17) is 16.3 Å². The first-order valence-electron chi connectivity index (χ1n) is 10.8. The molecule has 1 amide bonds. The minimum atomic E-state index is -0.494. The van der Waals surface area contributed by atoms with Crippen molar-refractivity contribution in [3.8, 4) is 5.75 Å². The topological polar surface area (TPSA) is 45.7 Å². The highest BCUT2D eigenvalue weighted by molar-refractivity contribution is 6.17. The molecule has 0 N–H and O–H groups in total. The summed E-state index contributed by atoms with van der Waals surface area (Å²) in [4.78, 5) is 21.9.